The van der Waals surface area contributed by atoms with Gasteiger partial charge in [0.15, 0.2) is 0 Å². The molecular weight excluding hydrogens is 246 g/mol. The molecular formula is C14H13NO2S. The molecule has 0 amide bonds. The summed E-state index contributed by atoms with van der Waals surface area (Å²) in [5, 5.41) is 2.32. The number of aromatic nitrogens is 1. The van der Waals surface area contributed by atoms with Crippen molar-refractivity contribution in [3.63, 3.8) is 0 Å². The van der Waals surface area contributed by atoms with Gasteiger partial charge in [-0.3, -0.25) is 0 Å². The van der Waals surface area contributed by atoms with Crippen LogP contribution in [0.5, 0.6) is 0 Å². The van der Waals surface area contributed by atoms with Gasteiger partial charge < -0.3 is 4.74 Å². The zero-order valence-electron chi connectivity index (χ0n) is 10.1. The van der Waals surface area contributed by atoms with E-state index in [0.717, 1.165) is 17.7 Å². The number of ether oxygens (including phenoxy) is 1. The van der Waals surface area contributed by atoms with Crippen molar-refractivity contribution < 1.29 is 9.53 Å². The Bertz CT molecular complexity index is 604. The Morgan fingerprint density at radius 3 is 3.00 bits per heavy atom. The predicted octanol–water partition coefficient (Wildman–Crippen LogP) is 3.09. The van der Waals surface area contributed by atoms with E-state index in [0.29, 0.717) is 5.01 Å². The number of hydrogen-bond acceptors (Lipinski definition) is 4. The van der Waals surface area contributed by atoms with Gasteiger partial charge in [-0.1, -0.05) is 12.1 Å². The molecule has 2 aromatic rings. The lowest BCUT2D eigenvalue weighted by Crippen LogP contribution is -1.99. The minimum atomic E-state index is -0.368. The van der Waals surface area contributed by atoms with Gasteiger partial charge in [0.1, 0.15) is 0 Å². The number of esters is 1. The maximum Gasteiger partial charge on any atom is 0.367 e. The first kappa shape index (κ1) is 11.4. The second-order valence-corrected chi connectivity index (χ2v) is 5.22. The van der Waals surface area contributed by atoms with Crippen LogP contribution in [-0.4, -0.2) is 18.1 Å². The Hall–Kier alpha value is -1.68. The van der Waals surface area contributed by atoms with Gasteiger partial charge in [-0.25, -0.2) is 9.78 Å². The number of methoxy groups -OCH3 is 1. The monoisotopic (exact) mass is 259 g/mol. The molecule has 1 heterocycles. The summed E-state index contributed by atoms with van der Waals surface area (Å²) >= 11 is 1.32. The molecule has 0 unspecified atom stereocenters. The van der Waals surface area contributed by atoms with E-state index in [1.54, 1.807) is 0 Å². The Balaban J connectivity index is 1.95. The Morgan fingerprint density at radius 1 is 1.33 bits per heavy atom. The fourth-order valence-electron chi connectivity index (χ4n) is 2.32. The lowest BCUT2D eigenvalue weighted by molar-refractivity contribution is 0.0600. The van der Waals surface area contributed by atoms with Gasteiger partial charge in [-0.2, -0.15) is 0 Å². The molecule has 1 aromatic carbocycles. The molecule has 0 saturated heterocycles. The first-order valence-corrected chi connectivity index (χ1v) is 6.82. The van der Waals surface area contributed by atoms with E-state index in [-0.39, 0.29) is 5.97 Å². The van der Waals surface area contributed by atoms with Crippen molar-refractivity contribution in [3.05, 3.63) is 39.7 Å². The number of aryl methyl sites for hydroxylation is 2. The minimum Gasteiger partial charge on any atom is -0.464 e. The van der Waals surface area contributed by atoms with E-state index in [9.17, 15) is 4.79 Å². The highest BCUT2D eigenvalue weighted by Gasteiger charge is 2.15. The van der Waals surface area contributed by atoms with Crippen LogP contribution in [0.2, 0.25) is 0 Å². The molecule has 1 aliphatic carbocycles. The summed E-state index contributed by atoms with van der Waals surface area (Å²) < 4.78 is 4.67. The molecule has 0 spiro atoms. The minimum absolute atomic E-state index is 0.368. The molecule has 4 heteroatoms. The molecule has 3 rings (SSSR count). The molecule has 0 fully saturated rings. The smallest absolute Gasteiger partial charge is 0.367 e. The van der Waals surface area contributed by atoms with Crippen molar-refractivity contribution in [2.45, 2.75) is 19.3 Å². The summed E-state index contributed by atoms with van der Waals surface area (Å²) in [7, 11) is 1.37. The van der Waals surface area contributed by atoms with Gasteiger partial charge in [-0.15, -0.1) is 11.3 Å². The first-order valence-electron chi connectivity index (χ1n) is 5.94. The second-order valence-electron chi connectivity index (χ2n) is 4.37. The number of rotatable bonds is 2. The van der Waals surface area contributed by atoms with Gasteiger partial charge in [0, 0.05) is 10.9 Å². The number of nitrogens with zero attached hydrogens (tertiary/aromatic N) is 1. The highest BCUT2D eigenvalue weighted by molar-refractivity contribution is 7.11. The summed E-state index contributed by atoms with van der Waals surface area (Å²) in [6.07, 6.45) is 3.57. The molecule has 1 aromatic heterocycles. The van der Waals surface area contributed by atoms with Gasteiger partial charge in [0.25, 0.3) is 0 Å². The van der Waals surface area contributed by atoms with Crippen LogP contribution < -0.4 is 0 Å². The molecule has 0 atom stereocenters. The van der Waals surface area contributed by atoms with E-state index < -0.39 is 0 Å². The average Bonchev–Trinajstić information content (AvgIpc) is 3.05. The fourth-order valence-corrected chi connectivity index (χ4v) is 3.06. The third-order valence-corrected chi connectivity index (χ3v) is 4.08. The van der Waals surface area contributed by atoms with Gasteiger partial charge in [0.05, 0.1) is 12.8 Å². The maximum absolute atomic E-state index is 11.4. The molecule has 18 heavy (non-hydrogen) atoms. The van der Waals surface area contributed by atoms with E-state index in [4.69, 9.17) is 0 Å². The van der Waals surface area contributed by atoms with Crippen LogP contribution >= 0.6 is 11.3 Å². The van der Waals surface area contributed by atoms with E-state index >= 15 is 0 Å². The SMILES string of the molecule is COC(=O)c1nc(-c2ccc3c(c2)CCC3)cs1. The van der Waals surface area contributed by atoms with Crippen molar-refractivity contribution in [1.82, 2.24) is 4.98 Å². The van der Waals surface area contributed by atoms with Crippen LogP contribution in [-0.2, 0) is 17.6 Å². The molecule has 0 N–H and O–H groups in total. The van der Waals surface area contributed by atoms with Crippen LogP contribution in [0.1, 0.15) is 27.3 Å². The largest absolute Gasteiger partial charge is 0.464 e. The molecule has 1 aliphatic rings. The van der Waals surface area contributed by atoms with Crippen LogP contribution in [0.3, 0.4) is 0 Å². The van der Waals surface area contributed by atoms with Crippen LogP contribution in [0.4, 0.5) is 0 Å². The Labute approximate surface area is 109 Å². The summed E-state index contributed by atoms with van der Waals surface area (Å²) in [6, 6.07) is 6.45. The van der Waals surface area contributed by atoms with Crippen molar-refractivity contribution in [1.29, 1.82) is 0 Å². The van der Waals surface area contributed by atoms with Gasteiger partial charge in [0.2, 0.25) is 5.01 Å². The molecule has 0 saturated carbocycles. The van der Waals surface area contributed by atoms with Gasteiger partial charge in [-0.05, 0) is 36.5 Å². The zero-order chi connectivity index (χ0) is 12.5. The van der Waals surface area contributed by atoms with E-state index in [1.165, 1.54) is 42.4 Å². The highest BCUT2D eigenvalue weighted by atomic mass is 32.1. The number of hydrogen-bond donors (Lipinski definition) is 0. The zero-order valence-corrected chi connectivity index (χ0v) is 10.9. The third kappa shape index (κ3) is 1.93. The number of carbonyl (C=O) groups excluding carboxylic acids is 1. The van der Waals surface area contributed by atoms with Crippen LogP contribution in [0.15, 0.2) is 23.6 Å². The second kappa shape index (κ2) is 4.53. The van der Waals surface area contributed by atoms with E-state index in [2.05, 4.69) is 27.9 Å². The molecule has 92 valence electrons. The molecule has 0 aliphatic heterocycles. The van der Waals surface area contributed by atoms with Gasteiger partial charge >= 0.3 is 5.97 Å². The maximum atomic E-state index is 11.4. The third-order valence-electron chi connectivity index (χ3n) is 3.26. The number of carbonyl (C=O) groups is 1. The Morgan fingerprint density at radius 2 is 2.17 bits per heavy atom. The highest BCUT2D eigenvalue weighted by Crippen LogP contribution is 2.28. The number of benzene rings is 1. The number of thiazole rings is 1. The van der Waals surface area contributed by atoms with Crippen molar-refractivity contribution in [3.8, 4) is 11.3 Å². The predicted molar refractivity (Wildman–Crippen MR) is 70.9 cm³/mol. The van der Waals surface area contributed by atoms with Crippen molar-refractivity contribution >= 4 is 17.3 Å². The number of fused-ring (bicyclic) bond motifs is 1. The fraction of sp³-hybridized carbons (Fsp3) is 0.286. The topological polar surface area (TPSA) is 39.2 Å². The standard InChI is InChI=1S/C14H13NO2S/c1-17-14(16)13-15-12(8-18-13)11-6-5-9-3-2-4-10(9)7-11/h5-8H,2-4H2,1H3. The summed E-state index contributed by atoms with van der Waals surface area (Å²) in [5.74, 6) is -0.368. The lowest BCUT2D eigenvalue weighted by Gasteiger charge is -2.02. The molecule has 3 nitrogen and oxygen atoms in total. The average molecular weight is 259 g/mol. The summed E-state index contributed by atoms with van der Waals surface area (Å²) in [5.41, 5.74) is 4.81. The summed E-state index contributed by atoms with van der Waals surface area (Å²) in [4.78, 5) is 15.7. The van der Waals surface area contributed by atoms with E-state index in [1.807, 2.05) is 5.38 Å². The Kier molecular flexibility index (Phi) is 2.88. The lowest BCUT2D eigenvalue weighted by atomic mass is 10.1. The molecule has 0 bridgehead atoms. The quantitative estimate of drug-likeness (QED) is 0.778. The van der Waals surface area contributed by atoms with Crippen LogP contribution in [0, 0.1) is 0 Å². The summed E-state index contributed by atoms with van der Waals surface area (Å²) in [6.45, 7) is 0. The van der Waals surface area contributed by atoms with Crippen molar-refractivity contribution in [2.24, 2.45) is 0 Å². The van der Waals surface area contributed by atoms with Crippen molar-refractivity contribution in [2.75, 3.05) is 7.11 Å². The molecule has 0 radical (unpaired) electrons. The first-order chi connectivity index (χ1) is 8.78. The van der Waals surface area contributed by atoms with Crippen LogP contribution in [0.25, 0.3) is 11.3 Å². The normalized spacial score (nSPS) is 13.4.